The van der Waals surface area contributed by atoms with Crippen LogP contribution in [0.4, 0.5) is 17.3 Å². The van der Waals surface area contributed by atoms with Crippen LogP contribution in [-0.4, -0.2) is 31.5 Å². The number of hydrogen-bond acceptors (Lipinski definition) is 8. The van der Waals surface area contributed by atoms with Crippen LogP contribution in [0.25, 0.3) is 22.2 Å². The number of aromatic nitrogens is 5. The van der Waals surface area contributed by atoms with Crippen LogP contribution in [0, 0.1) is 0 Å². The first-order valence-electron chi connectivity index (χ1n) is 8.64. The molecular weight excluding hydrogens is 436 g/mol. The molecule has 5 rings (SSSR count). The van der Waals surface area contributed by atoms with Gasteiger partial charge in [-0.25, -0.2) is 9.61 Å². The number of fused-ring (bicyclic) bond motifs is 2. The smallest absolute Gasteiger partial charge is 0.245 e. The van der Waals surface area contributed by atoms with Gasteiger partial charge < -0.3 is 10.3 Å². The molecule has 0 bridgehead atoms. The molecule has 3 heterocycles. The third kappa shape index (κ3) is 3.52. The van der Waals surface area contributed by atoms with E-state index in [9.17, 15) is 0 Å². The summed E-state index contributed by atoms with van der Waals surface area (Å²) in [7, 11) is 0. The molecule has 0 atom stereocenters. The van der Waals surface area contributed by atoms with E-state index >= 15 is 0 Å². The maximum Gasteiger partial charge on any atom is 0.245 e. The third-order valence-corrected chi connectivity index (χ3v) is 4.75. The second-order valence-corrected chi connectivity index (χ2v) is 7.04. The summed E-state index contributed by atoms with van der Waals surface area (Å²) < 4.78 is 5.70. The number of hydrogen-bond donors (Lipinski definition) is 3. The molecule has 0 aliphatic heterocycles. The summed E-state index contributed by atoms with van der Waals surface area (Å²) in [5.41, 5.74) is 6.35. The molecule has 5 aromatic rings. The molecular formula is C19H13BrN8O. The largest absolute Gasteiger partial charge is 0.361 e. The lowest BCUT2D eigenvalue weighted by atomic mass is 10.2. The number of nitrogens with zero attached hydrogens (tertiary/aromatic N) is 5. The number of anilines is 3. The van der Waals surface area contributed by atoms with E-state index in [2.05, 4.69) is 57.0 Å². The van der Waals surface area contributed by atoms with Crippen molar-refractivity contribution >= 4 is 61.7 Å². The van der Waals surface area contributed by atoms with Crippen LogP contribution in [0.15, 0.2) is 68.9 Å². The summed E-state index contributed by atoms with van der Waals surface area (Å²) >= 11 is 3.42. The second-order valence-electron chi connectivity index (χ2n) is 6.12. The van der Waals surface area contributed by atoms with Gasteiger partial charge in [-0.2, -0.15) is 10.1 Å². The molecule has 142 valence electrons. The highest BCUT2D eigenvalue weighted by atomic mass is 79.9. The van der Waals surface area contributed by atoms with Gasteiger partial charge in [-0.15, -0.1) is 0 Å². The predicted molar refractivity (Wildman–Crippen MR) is 114 cm³/mol. The van der Waals surface area contributed by atoms with Crippen LogP contribution >= 0.6 is 15.9 Å². The highest BCUT2D eigenvalue weighted by Crippen LogP contribution is 2.25. The summed E-state index contributed by atoms with van der Waals surface area (Å²) in [6, 6.07) is 15.7. The normalized spacial score (nSPS) is 11.5. The number of aromatic amines is 1. The van der Waals surface area contributed by atoms with Gasteiger partial charge in [-0.05, 0) is 40.6 Å². The molecule has 0 radical (unpaired) electrons. The first kappa shape index (κ1) is 17.3. The minimum Gasteiger partial charge on any atom is -0.361 e. The van der Waals surface area contributed by atoms with Crippen LogP contribution in [0.1, 0.15) is 5.56 Å². The molecule has 0 aliphatic rings. The maximum atomic E-state index is 4.72. The zero-order valence-electron chi connectivity index (χ0n) is 14.8. The topological polar surface area (TPSA) is 117 Å². The van der Waals surface area contributed by atoms with E-state index in [1.165, 1.54) is 0 Å². The Morgan fingerprint density at radius 2 is 1.72 bits per heavy atom. The monoisotopic (exact) mass is 448 g/mol. The Hall–Kier alpha value is -3.79. The summed E-state index contributed by atoms with van der Waals surface area (Å²) in [5.74, 6) is 0.846. The van der Waals surface area contributed by atoms with Crippen LogP contribution < -0.4 is 10.7 Å². The van der Waals surface area contributed by atoms with Gasteiger partial charge in [0.25, 0.3) is 0 Å². The second kappa shape index (κ2) is 7.32. The zero-order valence-corrected chi connectivity index (χ0v) is 16.4. The molecule has 9 nitrogen and oxygen atoms in total. The Balaban J connectivity index is 1.45. The van der Waals surface area contributed by atoms with Gasteiger partial charge in [-0.3, -0.25) is 5.43 Å². The highest BCUT2D eigenvalue weighted by molar-refractivity contribution is 9.10. The Morgan fingerprint density at radius 3 is 2.55 bits per heavy atom. The summed E-state index contributed by atoms with van der Waals surface area (Å²) in [6.45, 7) is 0. The quantitative estimate of drug-likeness (QED) is 0.268. The van der Waals surface area contributed by atoms with E-state index < -0.39 is 0 Å². The van der Waals surface area contributed by atoms with Gasteiger partial charge in [-0.1, -0.05) is 34.1 Å². The van der Waals surface area contributed by atoms with Crippen molar-refractivity contribution < 1.29 is 4.63 Å². The Morgan fingerprint density at radius 1 is 0.966 bits per heavy atom. The molecule has 0 saturated heterocycles. The van der Waals surface area contributed by atoms with E-state index in [0.29, 0.717) is 17.3 Å². The number of para-hydroxylation sites is 1. The lowest BCUT2D eigenvalue weighted by molar-refractivity contribution is 0.314. The van der Waals surface area contributed by atoms with Crippen molar-refractivity contribution in [3.63, 3.8) is 0 Å². The molecule has 0 spiro atoms. The molecule has 0 aliphatic carbocycles. The van der Waals surface area contributed by atoms with Crippen LogP contribution in [-0.2, 0) is 0 Å². The van der Waals surface area contributed by atoms with E-state index in [1.807, 2.05) is 54.7 Å². The maximum absolute atomic E-state index is 4.72. The Kier molecular flexibility index (Phi) is 4.37. The molecule has 0 unspecified atom stereocenters. The van der Waals surface area contributed by atoms with Crippen molar-refractivity contribution in [2.75, 3.05) is 10.7 Å². The van der Waals surface area contributed by atoms with Crippen molar-refractivity contribution in [2.24, 2.45) is 5.10 Å². The van der Waals surface area contributed by atoms with Crippen molar-refractivity contribution in [3.05, 3.63) is 64.8 Å². The lowest BCUT2D eigenvalue weighted by Gasteiger charge is -2.09. The summed E-state index contributed by atoms with van der Waals surface area (Å²) in [6.07, 6.45) is 3.61. The van der Waals surface area contributed by atoms with E-state index in [4.69, 9.17) is 4.63 Å². The van der Waals surface area contributed by atoms with E-state index in [-0.39, 0.29) is 5.65 Å². The van der Waals surface area contributed by atoms with Gasteiger partial charge in [0.15, 0.2) is 11.6 Å². The average molecular weight is 449 g/mol. The Labute approximate surface area is 172 Å². The highest BCUT2D eigenvalue weighted by Gasteiger charge is 2.13. The summed E-state index contributed by atoms with van der Waals surface area (Å²) in [4.78, 5) is 12.0. The van der Waals surface area contributed by atoms with Gasteiger partial charge >= 0.3 is 0 Å². The van der Waals surface area contributed by atoms with Crippen LogP contribution in [0.2, 0.25) is 0 Å². The average Bonchev–Trinajstić information content (AvgIpc) is 3.36. The fourth-order valence-corrected chi connectivity index (χ4v) is 3.10. The van der Waals surface area contributed by atoms with Gasteiger partial charge in [0.1, 0.15) is 0 Å². The number of rotatable bonds is 5. The van der Waals surface area contributed by atoms with Crippen molar-refractivity contribution in [1.82, 2.24) is 25.3 Å². The fraction of sp³-hybridized carbons (Fsp3) is 0. The third-order valence-electron chi connectivity index (χ3n) is 4.22. The summed E-state index contributed by atoms with van der Waals surface area (Å²) in [5, 5.41) is 16.1. The number of halogens is 1. The van der Waals surface area contributed by atoms with Crippen LogP contribution in [0.5, 0.6) is 0 Å². The first-order chi connectivity index (χ1) is 14.3. The number of nitrogens with one attached hydrogen (secondary N) is 3. The lowest BCUT2D eigenvalue weighted by Crippen LogP contribution is -2.03. The van der Waals surface area contributed by atoms with E-state index in [1.54, 1.807) is 6.21 Å². The first-order valence-corrected chi connectivity index (χ1v) is 9.44. The fourth-order valence-electron chi connectivity index (χ4n) is 2.84. The molecule has 2 aromatic carbocycles. The molecule has 29 heavy (non-hydrogen) atoms. The van der Waals surface area contributed by atoms with E-state index in [0.717, 1.165) is 26.6 Å². The minimum atomic E-state index is 0.288. The van der Waals surface area contributed by atoms with Crippen molar-refractivity contribution in [2.45, 2.75) is 0 Å². The van der Waals surface area contributed by atoms with Gasteiger partial charge in [0, 0.05) is 32.8 Å². The molecule has 3 aromatic heterocycles. The number of hydrazone groups is 1. The molecule has 3 N–H and O–H groups in total. The van der Waals surface area contributed by atoms with Crippen LogP contribution in [0.3, 0.4) is 0 Å². The number of H-pyrrole nitrogens is 1. The standard InChI is InChI=1S/C19H13BrN8O/c20-12-5-7-13(8-6-12)23-16-17(25-19-18(24-16)27-29-28-19)26-22-10-11-9-21-15-4-2-1-3-14(11)15/h1-10,21H,(H,23,24,27)(H,25,26,28)/b22-10+. The SMILES string of the molecule is Brc1ccc(Nc2nc3nonc3nc2N/N=C/c2c[nH]c3ccccc23)cc1. The Bertz CT molecular complexity index is 1330. The molecule has 0 saturated carbocycles. The predicted octanol–water partition coefficient (Wildman–Crippen LogP) is 4.45. The minimum absolute atomic E-state index is 0.288. The zero-order chi connectivity index (χ0) is 19.6. The van der Waals surface area contributed by atoms with Gasteiger partial charge in [0.05, 0.1) is 6.21 Å². The number of benzene rings is 2. The molecule has 10 heteroatoms. The van der Waals surface area contributed by atoms with Crippen molar-refractivity contribution in [3.8, 4) is 0 Å². The molecule has 0 amide bonds. The van der Waals surface area contributed by atoms with Gasteiger partial charge in [0.2, 0.25) is 11.3 Å². The molecule has 0 fully saturated rings. The van der Waals surface area contributed by atoms with Crippen molar-refractivity contribution in [1.29, 1.82) is 0 Å².